The van der Waals surface area contributed by atoms with Gasteiger partial charge in [-0.3, -0.25) is 0 Å². The highest BCUT2D eigenvalue weighted by atomic mass is 16.6. The fourth-order valence-corrected chi connectivity index (χ4v) is 2.84. The third-order valence-corrected chi connectivity index (χ3v) is 4.03. The first-order chi connectivity index (χ1) is 13.5. The number of nitrogens with one attached hydrogen (secondary N) is 1. The van der Waals surface area contributed by atoms with Crippen molar-refractivity contribution >= 4 is 12.1 Å². The summed E-state index contributed by atoms with van der Waals surface area (Å²) in [5.74, 6) is -0.419. The van der Waals surface area contributed by atoms with Crippen LogP contribution in [-0.2, 0) is 20.9 Å². The molecule has 0 saturated heterocycles. The van der Waals surface area contributed by atoms with Crippen LogP contribution in [0.25, 0.3) is 5.82 Å². The number of carbonyl (C=O) groups excluding carboxylic acids is 1. The minimum Gasteiger partial charge on any atom is -0.480 e. The van der Waals surface area contributed by atoms with Gasteiger partial charge in [-0.1, -0.05) is 0 Å². The number of carboxylic acid groups (broad SMARTS) is 1. The smallest absolute Gasteiger partial charge is 0.408 e. The fraction of sp³-hybridized carbons (Fsp3) is 0.476. The van der Waals surface area contributed by atoms with Crippen molar-refractivity contribution < 1.29 is 24.2 Å². The highest BCUT2D eigenvalue weighted by molar-refractivity contribution is 5.80. The molecule has 0 aliphatic heterocycles. The fourth-order valence-electron chi connectivity index (χ4n) is 2.84. The van der Waals surface area contributed by atoms with Gasteiger partial charge >= 0.3 is 12.1 Å². The van der Waals surface area contributed by atoms with Gasteiger partial charge in [-0.2, -0.15) is 0 Å². The van der Waals surface area contributed by atoms with E-state index in [1.165, 1.54) is 0 Å². The second kappa shape index (κ2) is 9.09. The predicted molar refractivity (Wildman–Crippen MR) is 108 cm³/mol. The first-order valence-corrected chi connectivity index (χ1v) is 9.39. The molecule has 2 aromatic rings. The number of aryl methyl sites for hydroxylation is 3. The Morgan fingerprint density at radius 3 is 2.34 bits per heavy atom. The van der Waals surface area contributed by atoms with E-state index in [1.807, 2.05) is 49.6 Å². The van der Waals surface area contributed by atoms with Gasteiger partial charge in [0, 0.05) is 11.4 Å². The minimum absolute atomic E-state index is 0.119. The average molecular weight is 403 g/mol. The second-order valence-corrected chi connectivity index (χ2v) is 8.00. The molecule has 0 fully saturated rings. The molecule has 2 aromatic heterocycles. The Morgan fingerprint density at radius 1 is 1.17 bits per heavy atom. The maximum Gasteiger partial charge on any atom is 0.408 e. The lowest BCUT2D eigenvalue weighted by Crippen LogP contribution is -2.46. The standard InChI is InChI=1S/C21H29N3O5/c1-13-9-16(22-18(10-13)24-14(2)7-8-15(24)3)11-28-12-17(19(25)26)23-20(27)29-21(4,5)6/h7-10,17H,11-12H2,1-6H3,(H,23,27)(H,25,26)/t17-/m0/s1. The van der Waals surface area contributed by atoms with Gasteiger partial charge in [-0.05, 0) is 71.4 Å². The molecule has 8 nitrogen and oxygen atoms in total. The van der Waals surface area contributed by atoms with Gasteiger partial charge in [0.15, 0.2) is 6.04 Å². The molecule has 0 spiro atoms. The summed E-state index contributed by atoms with van der Waals surface area (Å²) in [7, 11) is 0. The number of carboxylic acids is 1. The molecule has 0 bridgehead atoms. The maximum atomic E-state index is 11.8. The predicted octanol–water partition coefficient (Wildman–Crippen LogP) is 3.29. The third kappa shape index (κ3) is 6.60. The van der Waals surface area contributed by atoms with E-state index in [0.29, 0.717) is 5.69 Å². The Hall–Kier alpha value is -2.87. The number of carbonyl (C=O) groups is 2. The minimum atomic E-state index is -1.22. The number of aliphatic carboxylic acids is 1. The lowest BCUT2D eigenvalue weighted by molar-refractivity contribution is -0.141. The number of hydrogen-bond donors (Lipinski definition) is 2. The summed E-state index contributed by atoms with van der Waals surface area (Å²) in [6.07, 6.45) is -0.803. The monoisotopic (exact) mass is 403 g/mol. The highest BCUT2D eigenvalue weighted by Crippen LogP contribution is 2.17. The molecular formula is C21H29N3O5. The van der Waals surface area contributed by atoms with Crippen molar-refractivity contribution in [2.45, 2.75) is 59.8 Å². The summed E-state index contributed by atoms with van der Waals surface area (Å²) in [6.45, 7) is 11.0. The summed E-state index contributed by atoms with van der Waals surface area (Å²) in [5.41, 5.74) is 3.11. The Labute approximate surface area is 170 Å². The van der Waals surface area contributed by atoms with Crippen molar-refractivity contribution in [2.75, 3.05) is 6.61 Å². The zero-order valence-electron chi connectivity index (χ0n) is 17.8. The molecule has 2 heterocycles. The highest BCUT2D eigenvalue weighted by Gasteiger charge is 2.24. The SMILES string of the molecule is Cc1cc(COC[C@H](NC(=O)OC(C)(C)C)C(=O)O)nc(-n2c(C)ccc2C)c1. The normalized spacial score (nSPS) is 12.5. The van der Waals surface area contributed by atoms with E-state index < -0.39 is 23.7 Å². The molecule has 0 aromatic carbocycles. The number of ether oxygens (including phenoxy) is 2. The van der Waals surface area contributed by atoms with Crippen LogP contribution < -0.4 is 5.32 Å². The zero-order chi connectivity index (χ0) is 21.8. The number of nitrogens with zero attached hydrogens (tertiary/aromatic N) is 2. The molecule has 1 amide bonds. The van der Waals surface area contributed by atoms with Crippen LogP contribution in [0.4, 0.5) is 4.79 Å². The summed E-state index contributed by atoms with van der Waals surface area (Å²) >= 11 is 0. The van der Waals surface area contributed by atoms with Gasteiger partial charge < -0.3 is 24.5 Å². The van der Waals surface area contributed by atoms with Crippen molar-refractivity contribution in [1.82, 2.24) is 14.9 Å². The average Bonchev–Trinajstić information content (AvgIpc) is 2.90. The van der Waals surface area contributed by atoms with Gasteiger partial charge in [0.1, 0.15) is 11.4 Å². The Morgan fingerprint density at radius 2 is 1.79 bits per heavy atom. The van der Waals surface area contributed by atoms with Gasteiger partial charge in [-0.25, -0.2) is 14.6 Å². The lowest BCUT2D eigenvalue weighted by Gasteiger charge is -2.22. The topological polar surface area (TPSA) is 103 Å². The first-order valence-electron chi connectivity index (χ1n) is 9.39. The van der Waals surface area contributed by atoms with Crippen LogP contribution in [0.1, 0.15) is 43.4 Å². The van der Waals surface area contributed by atoms with Gasteiger partial charge in [-0.15, -0.1) is 0 Å². The van der Waals surface area contributed by atoms with E-state index in [1.54, 1.807) is 20.8 Å². The number of rotatable bonds is 7. The van der Waals surface area contributed by atoms with E-state index >= 15 is 0 Å². The molecular weight excluding hydrogens is 374 g/mol. The van der Waals surface area contributed by atoms with E-state index in [0.717, 1.165) is 22.8 Å². The van der Waals surface area contributed by atoms with Crippen LogP contribution in [0.2, 0.25) is 0 Å². The van der Waals surface area contributed by atoms with Crippen molar-refractivity contribution in [2.24, 2.45) is 0 Å². The molecule has 8 heteroatoms. The maximum absolute atomic E-state index is 11.8. The summed E-state index contributed by atoms with van der Waals surface area (Å²) in [6, 6.07) is 6.69. The molecule has 158 valence electrons. The van der Waals surface area contributed by atoms with Crippen LogP contribution in [0.3, 0.4) is 0 Å². The van der Waals surface area contributed by atoms with Crippen molar-refractivity contribution in [3.8, 4) is 5.82 Å². The van der Waals surface area contributed by atoms with Crippen LogP contribution in [-0.4, -0.2) is 45.0 Å². The van der Waals surface area contributed by atoms with E-state index in [9.17, 15) is 14.7 Å². The van der Waals surface area contributed by atoms with Crippen molar-refractivity contribution in [3.05, 3.63) is 46.9 Å². The Bertz CT molecular complexity index is 863. The Kier molecular flexibility index (Phi) is 7.02. The second-order valence-electron chi connectivity index (χ2n) is 8.00. The van der Waals surface area contributed by atoms with Crippen LogP contribution >= 0.6 is 0 Å². The van der Waals surface area contributed by atoms with E-state index in [4.69, 9.17) is 9.47 Å². The molecule has 29 heavy (non-hydrogen) atoms. The number of pyridine rings is 1. The summed E-state index contributed by atoms with van der Waals surface area (Å²) in [4.78, 5) is 27.9. The first kappa shape index (κ1) is 22.4. The van der Waals surface area contributed by atoms with Crippen LogP contribution in [0.5, 0.6) is 0 Å². The summed E-state index contributed by atoms with van der Waals surface area (Å²) in [5, 5.41) is 11.6. The third-order valence-electron chi connectivity index (χ3n) is 4.03. The van der Waals surface area contributed by atoms with Crippen molar-refractivity contribution in [1.29, 1.82) is 0 Å². The quantitative estimate of drug-likeness (QED) is 0.735. The number of aromatic nitrogens is 2. The van der Waals surface area contributed by atoms with Crippen LogP contribution in [0, 0.1) is 20.8 Å². The zero-order valence-corrected chi connectivity index (χ0v) is 17.8. The molecule has 2 rings (SSSR count). The van der Waals surface area contributed by atoms with E-state index in [-0.39, 0.29) is 13.2 Å². The molecule has 0 radical (unpaired) electrons. The lowest BCUT2D eigenvalue weighted by atomic mass is 10.2. The molecule has 0 unspecified atom stereocenters. The number of hydrogen-bond acceptors (Lipinski definition) is 5. The molecule has 1 atom stereocenters. The van der Waals surface area contributed by atoms with Gasteiger partial charge in [0.25, 0.3) is 0 Å². The largest absolute Gasteiger partial charge is 0.480 e. The van der Waals surface area contributed by atoms with Crippen molar-refractivity contribution in [3.63, 3.8) is 0 Å². The number of amides is 1. The van der Waals surface area contributed by atoms with Gasteiger partial charge in [0.05, 0.1) is 18.9 Å². The molecule has 2 N–H and O–H groups in total. The molecule has 0 saturated carbocycles. The van der Waals surface area contributed by atoms with Crippen LogP contribution in [0.15, 0.2) is 24.3 Å². The molecule has 0 aliphatic rings. The number of alkyl carbamates (subject to hydrolysis) is 1. The van der Waals surface area contributed by atoms with Gasteiger partial charge in [0.2, 0.25) is 0 Å². The van der Waals surface area contributed by atoms with E-state index in [2.05, 4.69) is 10.3 Å². The Balaban J connectivity index is 2.03. The molecule has 0 aliphatic carbocycles. The summed E-state index contributed by atoms with van der Waals surface area (Å²) < 4.78 is 12.7.